The number of methoxy groups -OCH3 is 1. The maximum Gasteiger partial charge on any atom is 0.127 e. The van der Waals surface area contributed by atoms with Gasteiger partial charge in [0.25, 0.3) is 0 Å². The summed E-state index contributed by atoms with van der Waals surface area (Å²) in [6.45, 7) is 5.05. The summed E-state index contributed by atoms with van der Waals surface area (Å²) in [5.74, 6) is 1.59. The maximum atomic E-state index is 8.67. The van der Waals surface area contributed by atoms with Crippen LogP contribution in [0.25, 0.3) is 0 Å². The molecule has 0 saturated heterocycles. The molecule has 0 fully saturated rings. The summed E-state index contributed by atoms with van der Waals surface area (Å²) in [7, 11) is 3.54. The standard InChI is InChI=1S/C14H20N2O2/c1-11(2)18-14-9-13(17-4)6-5-12(14)10-16(3)8-7-15/h5-6,9,11H,8,10H2,1-4H3. The largest absolute Gasteiger partial charge is 0.497 e. The highest BCUT2D eigenvalue weighted by molar-refractivity contribution is 5.40. The van der Waals surface area contributed by atoms with Crippen LogP contribution < -0.4 is 9.47 Å². The quantitative estimate of drug-likeness (QED) is 0.725. The first kappa shape index (κ1) is 14.3. The molecule has 0 spiro atoms. The Bertz CT molecular complexity index is 424. The van der Waals surface area contributed by atoms with E-state index in [0.717, 1.165) is 17.1 Å². The molecule has 0 unspecified atom stereocenters. The number of hydrogen-bond donors (Lipinski definition) is 0. The minimum atomic E-state index is 0.108. The highest BCUT2D eigenvalue weighted by Gasteiger charge is 2.09. The molecule has 0 aliphatic heterocycles. The van der Waals surface area contributed by atoms with Gasteiger partial charge in [-0.05, 0) is 27.0 Å². The molecule has 18 heavy (non-hydrogen) atoms. The average molecular weight is 248 g/mol. The van der Waals surface area contributed by atoms with Gasteiger partial charge in [0.1, 0.15) is 11.5 Å². The summed E-state index contributed by atoms with van der Waals surface area (Å²) in [4.78, 5) is 1.94. The summed E-state index contributed by atoms with van der Waals surface area (Å²) in [5, 5.41) is 8.67. The van der Waals surface area contributed by atoms with Gasteiger partial charge in [0.2, 0.25) is 0 Å². The molecule has 0 amide bonds. The molecule has 0 radical (unpaired) electrons. The first-order chi connectivity index (χ1) is 8.56. The van der Waals surface area contributed by atoms with Crippen molar-refractivity contribution in [3.63, 3.8) is 0 Å². The van der Waals surface area contributed by atoms with Crippen molar-refractivity contribution < 1.29 is 9.47 Å². The minimum absolute atomic E-state index is 0.108. The molecule has 0 heterocycles. The number of nitriles is 1. The van der Waals surface area contributed by atoms with Gasteiger partial charge < -0.3 is 9.47 Å². The fourth-order valence-corrected chi connectivity index (χ4v) is 1.62. The zero-order chi connectivity index (χ0) is 13.5. The Balaban J connectivity index is 2.91. The first-order valence-corrected chi connectivity index (χ1v) is 5.96. The Kier molecular flexibility index (Phi) is 5.47. The number of nitrogens with zero attached hydrogens (tertiary/aromatic N) is 2. The Morgan fingerprint density at radius 1 is 1.39 bits per heavy atom. The van der Waals surface area contributed by atoms with Gasteiger partial charge in [-0.2, -0.15) is 5.26 Å². The number of rotatable bonds is 6. The lowest BCUT2D eigenvalue weighted by Crippen LogP contribution is -2.19. The Morgan fingerprint density at radius 3 is 2.67 bits per heavy atom. The summed E-state index contributed by atoms with van der Waals surface area (Å²) >= 11 is 0. The molecule has 4 heteroatoms. The topological polar surface area (TPSA) is 45.5 Å². The molecular weight excluding hydrogens is 228 g/mol. The molecule has 0 saturated carbocycles. The van der Waals surface area contributed by atoms with Gasteiger partial charge in [0, 0.05) is 18.2 Å². The van der Waals surface area contributed by atoms with Gasteiger partial charge in [0.05, 0.1) is 25.8 Å². The average Bonchev–Trinajstić information content (AvgIpc) is 2.31. The maximum absolute atomic E-state index is 8.67. The van der Waals surface area contributed by atoms with Crippen LogP contribution in [0, 0.1) is 11.3 Å². The van der Waals surface area contributed by atoms with Crippen molar-refractivity contribution in [2.24, 2.45) is 0 Å². The predicted octanol–water partition coefficient (Wildman–Crippen LogP) is 2.44. The normalized spacial score (nSPS) is 10.5. The lowest BCUT2D eigenvalue weighted by molar-refractivity contribution is 0.234. The molecule has 1 aromatic rings. The molecule has 0 aromatic heterocycles. The van der Waals surface area contributed by atoms with E-state index in [4.69, 9.17) is 14.7 Å². The van der Waals surface area contributed by atoms with Crippen LogP contribution in [-0.2, 0) is 6.54 Å². The third-order valence-electron chi connectivity index (χ3n) is 2.42. The van der Waals surface area contributed by atoms with Crippen molar-refractivity contribution in [3.8, 4) is 17.6 Å². The second-order valence-corrected chi connectivity index (χ2v) is 4.47. The van der Waals surface area contributed by atoms with Crippen molar-refractivity contribution in [3.05, 3.63) is 23.8 Å². The van der Waals surface area contributed by atoms with E-state index in [1.54, 1.807) is 7.11 Å². The third-order valence-corrected chi connectivity index (χ3v) is 2.42. The molecule has 1 rings (SSSR count). The molecule has 1 aromatic carbocycles. The van der Waals surface area contributed by atoms with Gasteiger partial charge in [0.15, 0.2) is 0 Å². The smallest absolute Gasteiger partial charge is 0.127 e. The predicted molar refractivity (Wildman–Crippen MR) is 70.7 cm³/mol. The summed E-state index contributed by atoms with van der Waals surface area (Å²) in [6.07, 6.45) is 0.108. The van der Waals surface area contributed by atoms with E-state index in [0.29, 0.717) is 13.1 Å². The molecule has 0 bridgehead atoms. The Labute approximate surface area is 109 Å². The number of ether oxygens (including phenoxy) is 2. The van der Waals surface area contributed by atoms with E-state index < -0.39 is 0 Å². The molecule has 0 aliphatic carbocycles. The van der Waals surface area contributed by atoms with Gasteiger partial charge in [-0.15, -0.1) is 0 Å². The van der Waals surface area contributed by atoms with Crippen LogP contribution in [0.1, 0.15) is 19.4 Å². The van der Waals surface area contributed by atoms with Crippen molar-refractivity contribution in [1.29, 1.82) is 5.26 Å². The highest BCUT2D eigenvalue weighted by Crippen LogP contribution is 2.26. The molecule has 4 nitrogen and oxygen atoms in total. The zero-order valence-corrected chi connectivity index (χ0v) is 11.4. The van der Waals surface area contributed by atoms with E-state index >= 15 is 0 Å². The second kappa shape index (κ2) is 6.87. The fourth-order valence-electron chi connectivity index (χ4n) is 1.62. The van der Waals surface area contributed by atoms with Crippen molar-refractivity contribution in [2.75, 3.05) is 20.7 Å². The van der Waals surface area contributed by atoms with Crippen LogP contribution >= 0.6 is 0 Å². The Morgan fingerprint density at radius 2 is 2.11 bits per heavy atom. The summed E-state index contributed by atoms with van der Waals surface area (Å²) in [6, 6.07) is 7.90. The van der Waals surface area contributed by atoms with Crippen molar-refractivity contribution in [1.82, 2.24) is 4.90 Å². The monoisotopic (exact) mass is 248 g/mol. The minimum Gasteiger partial charge on any atom is -0.497 e. The molecule has 0 atom stereocenters. The molecule has 0 N–H and O–H groups in total. The lowest BCUT2D eigenvalue weighted by Gasteiger charge is -2.18. The lowest BCUT2D eigenvalue weighted by atomic mass is 10.1. The molecular formula is C14H20N2O2. The van der Waals surface area contributed by atoms with Crippen LogP contribution in [0.3, 0.4) is 0 Å². The van der Waals surface area contributed by atoms with Crippen LogP contribution in [0.4, 0.5) is 0 Å². The fraction of sp³-hybridized carbons (Fsp3) is 0.500. The zero-order valence-electron chi connectivity index (χ0n) is 11.4. The second-order valence-electron chi connectivity index (χ2n) is 4.47. The van der Waals surface area contributed by atoms with E-state index in [1.807, 2.05) is 44.0 Å². The van der Waals surface area contributed by atoms with E-state index in [1.165, 1.54) is 0 Å². The first-order valence-electron chi connectivity index (χ1n) is 5.96. The van der Waals surface area contributed by atoms with Gasteiger partial charge in [-0.25, -0.2) is 0 Å². The number of benzene rings is 1. The van der Waals surface area contributed by atoms with Crippen molar-refractivity contribution in [2.45, 2.75) is 26.5 Å². The van der Waals surface area contributed by atoms with Crippen LogP contribution in [0.15, 0.2) is 18.2 Å². The van der Waals surface area contributed by atoms with Gasteiger partial charge in [-0.1, -0.05) is 6.07 Å². The molecule has 0 aliphatic rings. The highest BCUT2D eigenvalue weighted by atomic mass is 16.5. The van der Waals surface area contributed by atoms with Crippen LogP contribution in [0.5, 0.6) is 11.5 Å². The third kappa shape index (κ3) is 4.27. The molecule has 98 valence electrons. The van der Waals surface area contributed by atoms with Gasteiger partial charge >= 0.3 is 0 Å². The SMILES string of the molecule is COc1ccc(CN(C)CC#N)c(OC(C)C)c1. The number of hydrogen-bond acceptors (Lipinski definition) is 4. The van der Waals surface area contributed by atoms with E-state index in [9.17, 15) is 0 Å². The van der Waals surface area contributed by atoms with Crippen LogP contribution in [-0.4, -0.2) is 31.7 Å². The van der Waals surface area contributed by atoms with Gasteiger partial charge in [-0.3, -0.25) is 4.90 Å². The van der Waals surface area contributed by atoms with E-state index in [2.05, 4.69) is 6.07 Å². The van der Waals surface area contributed by atoms with E-state index in [-0.39, 0.29) is 6.10 Å². The van der Waals surface area contributed by atoms with Crippen molar-refractivity contribution >= 4 is 0 Å². The van der Waals surface area contributed by atoms with Crippen LogP contribution in [0.2, 0.25) is 0 Å². The Hall–Kier alpha value is -1.73. The summed E-state index contributed by atoms with van der Waals surface area (Å²) < 4.78 is 11.0. The summed E-state index contributed by atoms with van der Waals surface area (Å²) in [5.41, 5.74) is 1.06.